The number of hydrogen-bond acceptors (Lipinski definition) is 7. The Balaban J connectivity index is 1.25. The molecule has 1 amide bonds. The van der Waals surface area contributed by atoms with Gasteiger partial charge in [-0.25, -0.2) is 8.42 Å². The van der Waals surface area contributed by atoms with E-state index in [1.54, 1.807) is 18.2 Å². The lowest BCUT2D eigenvalue weighted by atomic mass is 9.96. The highest BCUT2D eigenvalue weighted by atomic mass is 35.5. The van der Waals surface area contributed by atoms with Crippen molar-refractivity contribution in [3.63, 3.8) is 0 Å². The monoisotopic (exact) mass is 831 g/mol. The van der Waals surface area contributed by atoms with Crippen LogP contribution in [0.5, 0.6) is 11.5 Å². The third-order valence-corrected chi connectivity index (χ3v) is 11.8. The summed E-state index contributed by atoms with van der Waals surface area (Å²) in [6.07, 6.45) is 2.78. The molecule has 9 nitrogen and oxygen atoms in total. The van der Waals surface area contributed by atoms with Crippen molar-refractivity contribution in [2.75, 3.05) is 22.7 Å². The van der Waals surface area contributed by atoms with E-state index in [1.165, 1.54) is 25.1 Å². The molecule has 0 aliphatic heterocycles. The Morgan fingerprint density at radius 2 is 1.44 bits per heavy atom. The van der Waals surface area contributed by atoms with Gasteiger partial charge in [0, 0.05) is 40.1 Å². The molecule has 0 aliphatic carbocycles. The molecular formula is C48H50ClN3O6S. The Kier molecular flexibility index (Phi) is 14.4. The molecule has 6 rings (SSSR count). The number of aliphatic hydroxyl groups is 1. The first-order chi connectivity index (χ1) is 28.5. The van der Waals surface area contributed by atoms with Crippen molar-refractivity contribution in [1.82, 2.24) is 5.32 Å². The Bertz CT molecular complexity index is 2490. The number of aliphatic hydroxyl groups excluding tert-OH is 1. The number of anilines is 2. The van der Waals surface area contributed by atoms with Crippen molar-refractivity contribution < 1.29 is 27.9 Å². The number of para-hydroxylation sites is 2. The molecule has 0 spiro atoms. The summed E-state index contributed by atoms with van der Waals surface area (Å²) in [7, 11) is -4.25. The van der Waals surface area contributed by atoms with Crippen LogP contribution in [0.15, 0.2) is 138 Å². The highest BCUT2D eigenvalue weighted by Gasteiger charge is 2.28. The molecule has 0 bridgehead atoms. The van der Waals surface area contributed by atoms with E-state index in [1.807, 2.05) is 97.1 Å². The van der Waals surface area contributed by atoms with Crippen LogP contribution in [0.4, 0.5) is 11.4 Å². The first-order valence-corrected chi connectivity index (χ1v) is 21.9. The van der Waals surface area contributed by atoms with E-state index in [-0.39, 0.29) is 27.6 Å². The maximum Gasteiger partial charge on any atom is 0.262 e. The van der Waals surface area contributed by atoms with Crippen LogP contribution in [0.2, 0.25) is 5.02 Å². The lowest BCUT2D eigenvalue weighted by Crippen LogP contribution is -2.46. The summed E-state index contributed by atoms with van der Waals surface area (Å²) in [4.78, 5) is 29.8. The van der Waals surface area contributed by atoms with E-state index in [0.29, 0.717) is 16.9 Å². The number of sulfonamides is 1. The van der Waals surface area contributed by atoms with Gasteiger partial charge in [0.25, 0.3) is 15.9 Å². The fourth-order valence-electron chi connectivity index (χ4n) is 7.03. The molecule has 3 N–H and O–H groups in total. The molecule has 0 aliphatic rings. The Labute approximate surface area is 352 Å². The third-order valence-electron chi connectivity index (χ3n) is 10.1. The predicted octanol–water partition coefficient (Wildman–Crippen LogP) is 10.5. The lowest BCUT2D eigenvalue weighted by Gasteiger charge is -2.26. The second-order valence-corrected chi connectivity index (χ2v) is 16.6. The van der Waals surface area contributed by atoms with Crippen molar-refractivity contribution in [1.29, 1.82) is 0 Å². The summed E-state index contributed by atoms with van der Waals surface area (Å²) < 4.78 is 37.2. The molecule has 2 atom stereocenters. The summed E-state index contributed by atoms with van der Waals surface area (Å²) >= 11 is 6.37. The maximum absolute atomic E-state index is 14.2. The molecule has 0 heterocycles. The van der Waals surface area contributed by atoms with Gasteiger partial charge in [-0.05, 0) is 85.8 Å². The summed E-state index contributed by atoms with van der Waals surface area (Å²) in [5.74, 6) is 0.0367. The lowest BCUT2D eigenvalue weighted by molar-refractivity contribution is -0.128. The SMILES string of the molecule is CCCCN(CCCC)c1cccc2c(S(=O)(=O)Nc3ccc(Cl)cc3C(=O)N[C@@H](Cc3ccc(-c4ccccc4Oc4ccccc4)cc3)C(=O)C(C)O)cccc12. The Morgan fingerprint density at radius 3 is 2.14 bits per heavy atom. The second-order valence-electron chi connectivity index (χ2n) is 14.5. The first-order valence-electron chi connectivity index (χ1n) is 20.0. The topological polar surface area (TPSA) is 125 Å². The molecule has 0 fully saturated rings. The number of nitrogens with one attached hydrogen (secondary N) is 2. The van der Waals surface area contributed by atoms with Gasteiger partial charge < -0.3 is 20.1 Å². The van der Waals surface area contributed by atoms with Crippen LogP contribution in [-0.2, 0) is 21.2 Å². The van der Waals surface area contributed by atoms with Gasteiger partial charge in [0.1, 0.15) is 17.6 Å². The number of Topliss-reactive ketones (excluding diaryl/α,β-unsaturated/α-hetero) is 1. The van der Waals surface area contributed by atoms with E-state index in [0.717, 1.165) is 66.5 Å². The summed E-state index contributed by atoms with van der Waals surface area (Å²) in [6, 6.07) is 38.7. The minimum absolute atomic E-state index is 0.0171. The van der Waals surface area contributed by atoms with Crippen molar-refractivity contribution in [2.24, 2.45) is 0 Å². The van der Waals surface area contributed by atoms with E-state index in [2.05, 4.69) is 28.8 Å². The summed E-state index contributed by atoms with van der Waals surface area (Å²) in [6.45, 7) is 7.36. The van der Waals surface area contributed by atoms with Gasteiger partial charge in [-0.1, -0.05) is 123 Å². The highest BCUT2D eigenvalue weighted by molar-refractivity contribution is 7.93. The molecule has 306 valence electrons. The van der Waals surface area contributed by atoms with Gasteiger partial charge >= 0.3 is 0 Å². The largest absolute Gasteiger partial charge is 0.457 e. The minimum atomic E-state index is -4.25. The fourth-order valence-corrected chi connectivity index (χ4v) is 8.51. The molecule has 0 radical (unpaired) electrons. The number of rotatable bonds is 19. The molecule has 0 aromatic heterocycles. The molecule has 6 aromatic rings. The highest BCUT2D eigenvalue weighted by Crippen LogP contribution is 2.35. The quantitative estimate of drug-likeness (QED) is 0.0742. The van der Waals surface area contributed by atoms with Gasteiger partial charge in [-0.2, -0.15) is 0 Å². The number of unbranched alkanes of at least 4 members (excludes halogenated alkanes) is 2. The first kappa shape index (κ1) is 42.9. The molecule has 59 heavy (non-hydrogen) atoms. The van der Waals surface area contributed by atoms with Crippen LogP contribution in [0.1, 0.15) is 62.4 Å². The number of nitrogens with zero attached hydrogens (tertiary/aromatic N) is 1. The van der Waals surface area contributed by atoms with Crippen LogP contribution in [0.3, 0.4) is 0 Å². The number of benzene rings is 6. The van der Waals surface area contributed by atoms with Gasteiger partial charge in [0.05, 0.1) is 22.2 Å². The number of amides is 1. The number of ketones is 1. The molecular weight excluding hydrogens is 782 g/mol. The van der Waals surface area contributed by atoms with Crippen LogP contribution >= 0.6 is 11.6 Å². The second kappa shape index (κ2) is 19.8. The molecule has 1 unspecified atom stereocenters. The zero-order valence-electron chi connectivity index (χ0n) is 33.5. The van der Waals surface area contributed by atoms with Crippen molar-refractivity contribution in [3.8, 4) is 22.6 Å². The summed E-state index contributed by atoms with van der Waals surface area (Å²) in [5, 5.41) is 14.7. The van der Waals surface area contributed by atoms with Crippen molar-refractivity contribution >= 4 is 55.5 Å². The van der Waals surface area contributed by atoms with Crippen molar-refractivity contribution in [3.05, 3.63) is 150 Å². The van der Waals surface area contributed by atoms with Gasteiger partial charge in [-0.3, -0.25) is 14.3 Å². The third kappa shape index (κ3) is 10.7. The van der Waals surface area contributed by atoms with Crippen LogP contribution < -0.4 is 19.7 Å². The number of carbonyl (C=O) groups is 2. The van der Waals surface area contributed by atoms with Crippen LogP contribution in [-0.4, -0.2) is 50.5 Å². The number of ether oxygens (including phenoxy) is 1. The van der Waals surface area contributed by atoms with Crippen LogP contribution in [0.25, 0.3) is 21.9 Å². The van der Waals surface area contributed by atoms with Crippen LogP contribution in [0, 0.1) is 0 Å². The average Bonchev–Trinajstić information content (AvgIpc) is 3.24. The van der Waals surface area contributed by atoms with Gasteiger partial charge in [0.15, 0.2) is 5.78 Å². The minimum Gasteiger partial charge on any atom is -0.457 e. The van der Waals surface area contributed by atoms with E-state index in [4.69, 9.17) is 16.3 Å². The Hall–Kier alpha value is -5.68. The smallest absolute Gasteiger partial charge is 0.262 e. The molecule has 0 saturated heterocycles. The average molecular weight is 832 g/mol. The van der Waals surface area contributed by atoms with E-state index < -0.39 is 33.9 Å². The molecule has 0 saturated carbocycles. The maximum atomic E-state index is 14.2. The standard InChI is InChI=1S/C48H50ClN3O6S/c1-4-6-29-52(30-7-5-2)44-20-13-19-40-39(44)18-14-22-46(40)59(56,57)51-42-28-27-36(49)32-41(42)48(55)50-43(47(54)33(3)53)31-34-23-25-35(26-24-34)38-17-11-12-21-45(38)58-37-15-9-8-10-16-37/h8-28,32-33,43,51,53H,4-7,29-31H2,1-3H3,(H,50,55)/t33?,43-/m0/s1. The normalized spacial score (nSPS) is 12.4. The molecule has 6 aromatic carbocycles. The zero-order valence-corrected chi connectivity index (χ0v) is 35.1. The number of halogens is 1. The number of carbonyl (C=O) groups excluding carboxylic acids is 2. The fraction of sp³-hybridized carbons (Fsp3) is 0.250. The Morgan fingerprint density at radius 1 is 0.780 bits per heavy atom. The van der Waals surface area contributed by atoms with Crippen molar-refractivity contribution in [2.45, 2.75) is 69.9 Å². The molecule has 11 heteroatoms. The van der Waals surface area contributed by atoms with E-state index in [9.17, 15) is 23.1 Å². The zero-order chi connectivity index (χ0) is 41.9. The predicted molar refractivity (Wildman–Crippen MR) is 238 cm³/mol. The number of hydrogen-bond donors (Lipinski definition) is 3. The van der Waals surface area contributed by atoms with Gasteiger partial charge in [-0.15, -0.1) is 0 Å². The number of fused-ring (bicyclic) bond motifs is 1. The van der Waals surface area contributed by atoms with E-state index >= 15 is 0 Å². The summed E-state index contributed by atoms with van der Waals surface area (Å²) in [5.41, 5.74) is 3.34. The van der Waals surface area contributed by atoms with Gasteiger partial charge in [0.2, 0.25) is 0 Å².